The molecule has 0 spiro atoms. The lowest BCUT2D eigenvalue weighted by molar-refractivity contribution is 0.401. The van der Waals surface area contributed by atoms with Gasteiger partial charge in [0, 0.05) is 38.7 Å². The number of nitrogens with two attached hydrogens (primary N) is 1. The van der Waals surface area contributed by atoms with Crippen LogP contribution in [0.4, 0.5) is 23.6 Å². The fraction of sp³-hybridized carbons (Fsp3) is 0.450. The van der Waals surface area contributed by atoms with Gasteiger partial charge in [0.15, 0.2) is 0 Å². The van der Waals surface area contributed by atoms with E-state index in [9.17, 15) is 4.55 Å². The van der Waals surface area contributed by atoms with E-state index in [0.717, 1.165) is 18.5 Å². The molecule has 0 bridgehead atoms. The van der Waals surface area contributed by atoms with Gasteiger partial charge in [-0.2, -0.15) is 19.9 Å². The van der Waals surface area contributed by atoms with Gasteiger partial charge in [0.05, 0.1) is 0 Å². The summed E-state index contributed by atoms with van der Waals surface area (Å²) < 4.78 is 17.8. The van der Waals surface area contributed by atoms with E-state index in [-0.39, 0.29) is 28.1 Å². The molecule has 0 saturated carbocycles. The predicted octanol–water partition coefficient (Wildman–Crippen LogP) is 2.40. The zero-order valence-corrected chi connectivity index (χ0v) is 18.6. The molecule has 0 aliphatic carbocycles. The predicted molar refractivity (Wildman–Crippen MR) is 121 cm³/mol. The first-order valence-corrected chi connectivity index (χ1v) is 11.5. The summed E-state index contributed by atoms with van der Waals surface area (Å²) in [5.74, 6) is 0.957. The topological polar surface area (TPSA) is 133 Å². The Bertz CT molecular complexity index is 1010. The molecule has 1 unspecified atom stereocenters. The van der Waals surface area contributed by atoms with Gasteiger partial charge in [0.2, 0.25) is 23.5 Å². The van der Waals surface area contributed by atoms with Crippen LogP contribution in [0.25, 0.3) is 11.6 Å². The first-order chi connectivity index (χ1) is 14.9. The molecule has 1 aliphatic heterocycles. The molecule has 164 valence electrons. The van der Waals surface area contributed by atoms with Crippen LogP contribution in [-0.2, 0) is 11.2 Å². The molecule has 0 radical (unpaired) electrons. The molecule has 1 aliphatic rings. The Balaban J connectivity index is 1.50. The largest absolute Gasteiger partial charge is 0.616 e. The highest BCUT2D eigenvalue weighted by Crippen LogP contribution is 2.27. The number of piperidine rings is 1. The Hall–Kier alpha value is -2.92. The Morgan fingerprint density at radius 1 is 1.10 bits per heavy atom. The molecule has 11 heteroatoms. The number of nitrogen functional groups attached to an aromatic ring is 1. The number of nitrogens with zero attached hydrogens (tertiary/aromatic N) is 7. The average Bonchev–Trinajstić information content (AvgIpc) is 3.29. The van der Waals surface area contributed by atoms with Crippen LogP contribution in [0, 0.1) is 0 Å². The Morgan fingerprint density at radius 2 is 1.81 bits per heavy atom. The van der Waals surface area contributed by atoms with Crippen molar-refractivity contribution in [3.63, 3.8) is 0 Å². The fourth-order valence-electron chi connectivity index (χ4n) is 3.50. The summed E-state index contributed by atoms with van der Waals surface area (Å²) in [6, 6.07) is 10.1. The molecule has 3 heterocycles. The van der Waals surface area contributed by atoms with Crippen molar-refractivity contribution in [2.24, 2.45) is 0 Å². The van der Waals surface area contributed by atoms with E-state index < -0.39 is 11.2 Å². The molecule has 3 aromatic rings. The highest BCUT2D eigenvalue weighted by Gasteiger charge is 2.32. The molecule has 2 N–H and O–H groups in total. The lowest BCUT2D eigenvalue weighted by atomic mass is 10.1. The van der Waals surface area contributed by atoms with Crippen LogP contribution >= 0.6 is 0 Å². The second-order valence-corrected chi connectivity index (χ2v) is 9.94. The molecule has 4 rings (SSSR count). The van der Waals surface area contributed by atoms with E-state index >= 15 is 0 Å². The van der Waals surface area contributed by atoms with Crippen molar-refractivity contribution in [3.8, 4) is 11.6 Å². The maximum absolute atomic E-state index is 12.4. The molecular weight excluding hydrogens is 416 g/mol. The maximum Gasteiger partial charge on any atom is 0.324 e. The third-order valence-corrected chi connectivity index (χ3v) is 7.26. The lowest BCUT2D eigenvalue weighted by Crippen LogP contribution is -2.41. The quantitative estimate of drug-likeness (QED) is 0.567. The monoisotopic (exact) mass is 442 g/mol. The van der Waals surface area contributed by atoms with Gasteiger partial charge in [-0.1, -0.05) is 23.4 Å². The number of hydrogen-bond acceptors (Lipinski definition) is 10. The SMILES string of the molecule is CC(C)[S+]([O-])C1CCN(c2nc(-c3nc(N)nc(N(C)c4ccccc4)n3)no2)CC1. The number of aromatic nitrogens is 5. The number of para-hydroxylation sites is 1. The Kier molecular flexibility index (Phi) is 6.23. The summed E-state index contributed by atoms with van der Waals surface area (Å²) in [6.45, 7) is 5.42. The molecule has 2 aromatic heterocycles. The fourth-order valence-corrected chi connectivity index (χ4v) is 4.94. The molecule has 10 nitrogen and oxygen atoms in total. The Labute approximate surface area is 184 Å². The number of hydrogen-bond donors (Lipinski definition) is 1. The molecule has 1 atom stereocenters. The third-order valence-electron chi connectivity index (χ3n) is 5.21. The molecule has 31 heavy (non-hydrogen) atoms. The van der Waals surface area contributed by atoms with Crippen molar-refractivity contribution in [2.45, 2.75) is 37.2 Å². The zero-order chi connectivity index (χ0) is 22.0. The molecular formula is C20H26N8O2S. The van der Waals surface area contributed by atoms with E-state index in [1.54, 1.807) is 0 Å². The standard InChI is InChI=1S/C20H26N8O2S/c1-13(2)31(29)15-9-11-28(12-10-15)20-24-17(26-30-20)16-22-18(21)25-19(23-16)27(3)14-7-5-4-6-8-14/h4-8,13,15H,9-12H2,1-3H3,(H2,21,22,23,25). The van der Waals surface area contributed by atoms with E-state index in [4.69, 9.17) is 10.3 Å². The first kappa shape index (κ1) is 21.3. The minimum atomic E-state index is -0.819. The van der Waals surface area contributed by atoms with Gasteiger partial charge in [0.25, 0.3) is 0 Å². The summed E-state index contributed by atoms with van der Waals surface area (Å²) in [6.07, 6.45) is 1.65. The highest BCUT2D eigenvalue weighted by molar-refractivity contribution is 7.92. The van der Waals surface area contributed by atoms with Crippen LogP contribution < -0.4 is 15.5 Å². The summed E-state index contributed by atoms with van der Waals surface area (Å²) in [5, 5.41) is 4.42. The van der Waals surface area contributed by atoms with Gasteiger partial charge in [0.1, 0.15) is 10.5 Å². The van der Waals surface area contributed by atoms with Gasteiger partial charge in [-0.15, -0.1) is 0 Å². The first-order valence-electron chi connectivity index (χ1n) is 10.2. The van der Waals surface area contributed by atoms with E-state index in [1.807, 2.05) is 61.0 Å². The van der Waals surface area contributed by atoms with Gasteiger partial charge in [-0.3, -0.25) is 0 Å². The van der Waals surface area contributed by atoms with Gasteiger partial charge >= 0.3 is 6.01 Å². The zero-order valence-electron chi connectivity index (χ0n) is 17.8. The molecule has 1 saturated heterocycles. The van der Waals surface area contributed by atoms with E-state index in [2.05, 4.69) is 25.1 Å². The van der Waals surface area contributed by atoms with Crippen molar-refractivity contribution >= 4 is 34.8 Å². The van der Waals surface area contributed by atoms with Gasteiger partial charge in [-0.25, -0.2) is 0 Å². The van der Waals surface area contributed by atoms with Crippen LogP contribution in [0.5, 0.6) is 0 Å². The minimum absolute atomic E-state index is 0.0751. The van der Waals surface area contributed by atoms with Crippen LogP contribution in [0.15, 0.2) is 34.9 Å². The molecule has 0 amide bonds. The number of anilines is 4. The van der Waals surface area contributed by atoms with Crippen molar-refractivity contribution in [1.82, 2.24) is 25.1 Å². The molecule has 1 aromatic carbocycles. The van der Waals surface area contributed by atoms with Crippen LogP contribution in [-0.4, -0.2) is 60.3 Å². The molecule has 1 fully saturated rings. The summed E-state index contributed by atoms with van der Waals surface area (Å²) >= 11 is -0.819. The second kappa shape index (κ2) is 9.06. The van der Waals surface area contributed by atoms with E-state index in [0.29, 0.717) is 25.1 Å². The van der Waals surface area contributed by atoms with Crippen LogP contribution in [0.1, 0.15) is 26.7 Å². The summed E-state index contributed by atoms with van der Waals surface area (Å²) in [7, 11) is 1.85. The average molecular weight is 443 g/mol. The summed E-state index contributed by atoms with van der Waals surface area (Å²) in [4.78, 5) is 21.2. The smallest absolute Gasteiger partial charge is 0.324 e. The van der Waals surface area contributed by atoms with Crippen LogP contribution in [0.3, 0.4) is 0 Å². The van der Waals surface area contributed by atoms with Crippen LogP contribution in [0.2, 0.25) is 0 Å². The van der Waals surface area contributed by atoms with Crippen molar-refractivity contribution in [1.29, 1.82) is 0 Å². The third kappa shape index (κ3) is 4.72. The van der Waals surface area contributed by atoms with Gasteiger partial charge in [-0.05, 0) is 37.2 Å². The van der Waals surface area contributed by atoms with E-state index in [1.165, 1.54) is 0 Å². The Morgan fingerprint density at radius 3 is 2.48 bits per heavy atom. The summed E-state index contributed by atoms with van der Waals surface area (Å²) in [5.41, 5.74) is 6.83. The number of rotatable bonds is 6. The number of benzene rings is 1. The highest BCUT2D eigenvalue weighted by atomic mass is 32.2. The lowest BCUT2D eigenvalue weighted by Gasteiger charge is -2.32. The van der Waals surface area contributed by atoms with Crippen molar-refractivity contribution in [3.05, 3.63) is 30.3 Å². The normalized spacial score (nSPS) is 16.0. The van der Waals surface area contributed by atoms with Gasteiger partial charge < -0.3 is 24.6 Å². The van der Waals surface area contributed by atoms with Crippen molar-refractivity contribution in [2.75, 3.05) is 35.7 Å². The maximum atomic E-state index is 12.4. The minimum Gasteiger partial charge on any atom is -0.616 e. The second-order valence-electron chi connectivity index (χ2n) is 7.68. The van der Waals surface area contributed by atoms with Crippen molar-refractivity contribution < 1.29 is 9.08 Å².